The van der Waals surface area contributed by atoms with Crippen molar-refractivity contribution in [2.75, 3.05) is 23.1 Å². The Balaban J connectivity index is 1.64. The molecule has 1 aromatic heterocycles. The lowest BCUT2D eigenvalue weighted by Gasteiger charge is -2.33. The predicted molar refractivity (Wildman–Crippen MR) is 150 cm³/mol. The number of rotatable bonds is 8. The van der Waals surface area contributed by atoms with E-state index in [-0.39, 0.29) is 28.7 Å². The van der Waals surface area contributed by atoms with Crippen molar-refractivity contribution in [1.29, 1.82) is 0 Å². The summed E-state index contributed by atoms with van der Waals surface area (Å²) in [6, 6.07) is 6.50. The zero-order valence-electron chi connectivity index (χ0n) is 21.5. The topological polar surface area (TPSA) is 108 Å². The molecule has 2 amide bonds. The Morgan fingerprint density at radius 2 is 1.89 bits per heavy atom. The first-order valence-corrected chi connectivity index (χ1v) is 14.4. The Bertz CT molecular complexity index is 1200. The lowest BCUT2D eigenvalue weighted by atomic mass is 9.82. The van der Waals surface area contributed by atoms with Crippen LogP contribution in [0.15, 0.2) is 29.3 Å². The molecule has 4 rings (SSSR count). The number of aliphatic imine (C=N–C) groups is 1. The summed E-state index contributed by atoms with van der Waals surface area (Å²) in [5, 5.41) is 12.9. The molecule has 1 fully saturated rings. The monoisotopic (exact) mass is 543 g/mol. The molecular formula is C27H33N3O5S2. The molecule has 2 N–H and O–H groups in total. The fourth-order valence-electron chi connectivity index (χ4n) is 4.81. The minimum atomic E-state index is -1.06. The highest BCUT2D eigenvalue weighted by Gasteiger charge is 2.33. The maximum atomic E-state index is 13.6. The van der Waals surface area contributed by atoms with Gasteiger partial charge in [-0.1, -0.05) is 13.0 Å². The van der Waals surface area contributed by atoms with Crippen LogP contribution >= 0.6 is 23.1 Å². The molecule has 8 nitrogen and oxygen atoms in total. The largest absolute Gasteiger partial charge is 0.495 e. The smallest absolute Gasteiger partial charge is 0.348 e. The first-order chi connectivity index (χ1) is 17.7. The van der Waals surface area contributed by atoms with Crippen LogP contribution in [-0.4, -0.2) is 53.4 Å². The Morgan fingerprint density at radius 3 is 2.49 bits per heavy atom. The van der Waals surface area contributed by atoms with Gasteiger partial charge in [-0.05, 0) is 69.2 Å². The van der Waals surface area contributed by atoms with E-state index in [1.54, 1.807) is 28.6 Å². The number of amides is 2. The van der Waals surface area contributed by atoms with Gasteiger partial charge in [-0.25, -0.2) is 4.79 Å². The molecule has 2 heterocycles. The quantitative estimate of drug-likeness (QED) is 0.437. The molecule has 1 aliphatic carbocycles. The van der Waals surface area contributed by atoms with Gasteiger partial charge in [0.1, 0.15) is 16.7 Å². The second-order valence-electron chi connectivity index (χ2n) is 9.90. The maximum Gasteiger partial charge on any atom is 0.348 e. The number of carboxylic acid groups (broad SMARTS) is 1. The van der Waals surface area contributed by atoms with Crippen LogP contribution in [0, 0.1) is 11.8 Å². The highest BCUT2D eigenvalue weighted by Crippen LogP contribution is 2.41. The molecule has 2 aliphatic rings. The number of anilines is 2. The number of carbonyl (C=O) groups excluding carboxylic acids is 2. The van der Waals surface area contributed by atoms with Gasteiger partial charge in [0.15, 0.2) is 0 Å². The zero-order valence-corrected chi connectivity index (χ0v) is 23.2. The molecule has 37 heavy (non-hydrogen) atoms. The van der Waals surface area contributed by atoms with E-state index in [2.05, 4.69) is 17.2 Å². The number of methoxy groups -OCH3 is 1. The first-order valence-electron chi connectivity index (χ1n) is 12.5. The normalized spacial score (nSPS) is 21.2. The van der Waals surface area contributed by atoms with Crippen molar-refractivity contribution >= 4 is 57.8 Å². The standard InChI is InChI=1S/C27H33N3O5S2/c1-15(2)30(26(32)17-7-5-16(3)6-8-17)21-12-23(37-24(21)27(33)34)18-9-10-19(22(11-18)35-4)29-25(31)20-13-36-14-28-20/h9-12,14-17,20H,5-8,13H2,1-4H3,(H,29,31)(H,33,34). The minimum absolute atomic E-state index is 0.00266. The summed E-state index contributed by atoms with van der Waals surface area (Å²) in [7, 11) is 1.52. The summed E-state index contributed by atoms with van der Waals surface area (Å²) in [4.78, 5) is 45.0. The van der Waals surface area contributed by atoms with Crippen LogP contribution in [0.1, 0.15) is 56.1 Å². The van der Waals surface area contributed by atoms with Gasteiger partial charge in [0.05, 0.1) is 24.0 Å². The molecule has 1 saturated carbocycles. The second kappa shape index (κ2) is 11.7. The minimum Gasteiger partial charge on any atom is -0.495 e. The van der Waals surface area contributed by atoms with Crippen LogP contribution in [-0.2, 0) is 9.59 Å². The van der Waals surface area contributed by atoms with Gasteiger partial charge in [0.2, 0.25) is 11.8 Å². The molecule has 1 atom stereocenters. The third-order valence-electron chi connectivity index (χ3n) is 6.90. The third kappa shape index (κ3) is 6.01. The average molecular weight is 544 g/mol. The molecule has 0 radical (unpaired) electrons. The van der Waals surface area contributed by atoms with Crippen LogP contribution < -0.4 is 15.0 Å². The van der Waals surface area contributed by atoms with E-state index in [1.807, 2.05) is 19.9 Å². The lowest BCUT2D eigenvalue weighted by Crippen LogP contribution is -2.42. The van der Waals surface area contributed by atoms with E-state index in [9.17, 15) is 19.5 Å². The molecule has 2 aromatic rings. The van der Waals surface area contributed by atoms with Crippen LogP contribution in [0.4, 0.5) is 11.4 Å². The third-order valence-corrected chi connectivity index (χ3v) is 8.84. The second-order valence-corrected chi connectivity index (χ2v) is 11.8. The molecular weight excluding hydrogens is 510 g/mol. The molecule has 0 bridgehead atoms. The highest BCUT2D eigenvalue weighted by molar-refractivity contribution is 8.12. The van der Waals surface area contributed by atoms with Crippen molar-refractivity contribution in [3.05, 3.63) is 29.1 Å². The molecule has 0 spiro atoms. The molecule has 1 unspecified atom stereocenters. The SMILES string of the molecule is COc1cc(-c2cc(N(C(=O)C3CCC(C)CC3)C(C)C)c(C(=O)O)s2)ccc1NC(=O)C1CSC=N1. The van der Waals surface area contributed by atoms with E-state index in [4.69, 9.17) is 4.74 Å². The predicted octanol–water partition coefficient (Wildman–Crippen LogP) is 5.77. The molecule has 1 aromatic carbocycles. The number of thioether (sulfide) groups is 1. The average Bonchev–Trinajstić information content (AvgIpc) is 3.56. The van der Waals surface area contributed by atoms with Crippen molar-refractivity contribution in [2.24, 2.45) is 16.8 Å². The Labute approximate surface area is 225 Å². The van der Waals surface area contributed by atoms with Crippen LogP contribution in [0.3, 0.4) is 0 Å². The number of nitrogens with one attached hydrogen (secondary N) is 1. The number of benzene rings is 1. The van der Waals surface area contributed by atoms with Gasteiger partial charge in [-0.2, -0.15) is 0 Å². The van der Waals surface area contributed by atoms with Crippen LogP contribution in [0.25, 0.3) is 10.4 Å². The van der Waals surface area contributed by atoms with Gasteiger partial charge in [0.25, 0.3) is 0 Å². The Morgan fingerprint density at radius 1 is 1.16 bits per heavy atom. The van der Waals surface area contributed by atoms with Crippen molar-refractivity contribution in [1.82, 2.24) is 0 Å². The van der Waals surface area contributed by atoms with E-state index < -0.39 is 12.0 Å². The Kier molecular flexibility index (Phi) is 8.59. The number of thiophene rings is 1. The van der Waals surface area contributed by atoms with Gasteiger partial charge in [-0.15, -0.1) is 23.1 Å². The summed E-state index contributed by atoms with van der Waals surface area (Å²) >= 11 is 2.63. The van der Waals surface area contributed by atoms with E-state index in [0.717, 1.165) is 42.6 Å². The zero-order chi connectivity index (χ0) is 26.7. The summed E-state index contributed by atoms with van der Waals surface area (Å²) in [6.45, 7) is 6.04. The molecule has 1 aliphatic heterocycles. The van der Waals surface area contributed by atoms with Gasteiger partial charge in [0, 0.05) is 22.6 Å². The van der Waals surface area contributed by atoms with Crippen LogP contribution in [0.2, 0.25) is 0 Å². The number of carboxylic acids is 1. The fourth-order valence-corrected chi connectivity index (χ4v) is 6.54. The van der Waals surface area contributed by atoms with Gasteiger partial charge < -0.3 is 20.1 Å². The molecule has 10 heteroatoms. The first kappa shape index (κ1) is 27.2. The number of aromatic carboxylic acids is 1. The molecule has 0 saturated heterocycles. The fraction of sp³-hybridized carbons (Fsp3) is 0.481. The van der Waals surface area contributed by atoms with Crippen molar-refractivity contribution in [2.45, 2.75) is 58.5 Å². The summed E-state index contributed by atoms with van der Waals surface area (Å²) in [6.07, 6.45) is 3.69. The number of nitrogens with zero attached hydrogens (tertiary/aromatic N) is 2. The summed E-state index contributed by atoms with van der Waals surface area (Å²) in [5.41, 5.74) is 3.37. The van der Waals surface area contributed by atoms with E-state index in [0.29, 0.717) is 33.7 Å². The van der Waals surface area contributed by atoms with Crippen molar-refractivity contribution in [3.8, 4) is 16.2 Å². The Hall–Kier alpha value is -2.85. The van der Waals surface area contributed by atoms with Gasteiger partial charge in [-0.3, -0.25) is 14.6 Å². The summed E-state index contributed by atoms with van der Waals surface area (Å²) in [5.74, 6) is 0.320. The summed E-state index contributed by atoms with van der Waals surface area (Å²) < 4.78 is 5.53. The maximum absolute atomic E-state index is 13.6. The lowest BCUT2D eigenvalue weighted by molar-refractivity contribution is -0.124. The van der Waals surface area contributed by atoms with E-state index >= 15 is 0 Å². The van der Waals surface area contributed by atoms with Crippen molar-refractivity contribution in [3.63, 3.8) is 0 Å². The van der Waals surface area contributed by atoms with Crippen LogP contribution in [0.5, 0.6) is 5.75 Å². The van der Waals surface area contributed by atoms with Crippen molar-refractivity contribution < 1.29 is 24.2 Å². The van der Waals surface area contributed by atoms with E-state index in [1.165, 1.54) is 18.9 Å². The highest BCUT2D eigenvalue weighted by atomic mass is 32.2. The number of carbonyl (C=O) groups is 3. The number of ether oxygens (including phenoxy) is 1. The number of hydrogen-bond acceptors (Lipinski definition) is 7. The number of hydrogen-bond donors (Lipinski definition) is 2. The molecule has 198 valence electrons. The van der Waals surface area contributed by atoms with Gasteiger partial charge >= 0.3 is 5.97 Å².